The minimum atomic E-state index is -0.876. The number of nitrogen functional groups attached to an aromatic ring is 1. The molecule has 1 unspecified atom stereocenters. The normalized spacial score (nSPS) is 21.8. The molecule has 0 aromatic carbocycles. The number of esters is 1. The lowest BCUT2D eigenvalue weighted by Crippen LogP contribution is -2.24. The summed E-state index contributed by atoms with van der Waals surface area (Å²) in [5.74, 6) is -0.674. The first-order valence-electron chi connectivity index (χ1n) is 5.33. The highest BCUT2D eigenvalue weighted by atomic mass is 35.5. The smallest absolute Gasteiger partial charge is 0.358 e. The number of rotatable bonds is 2. The molecule has 1 aliphatic rings. The fourth-order valence-corrected chi connectivity index (χ4v) is 2.15. The van der Waals surface area contributed by atoms with Crippen LogP contribution < -0.4 is 5.73 Å². The van der Waals surface area contributed by atoms with Crippen molar-refractivity contribution < 1.29 is 14.4 Å². The average Bonchev–Trinajstić information content (AvgIpc) is 2.72. The molecule has 1 aromatic heterocycles. The zero-order valence-corrected chi connectivity index (χ0v) is 11.7. The molecule has 102 valence electrons. The summed E-state index contributed by atoms with van der Waals surface area (Å²) in [5, 5.41) is 4.03. The van der Waals surface area contributed by atoms with Gasteiger partial charge in [0.25, 0.3) is 0 Å². The molecule has 0 aliphatic carbocycles. The van der Waals surface area contributed by atoms with Crippen LogP contribution in [0.25, 0.3) is 0 Å². The van der Waals surface area contributed by atoms with Crippen LogP contribution in [0.4, 0.5) is 5.69 Å². The van der Waals surface area contributed by atoms with E-state index >= 15 is 0 Å². The number of carbonyl (C=O) groups excluding carboxylic acids is 1. The molecule has 2 heterocycles. The summed E-state index contributed by atoms with van der Waals surface area (Å²) < 4.78 is 4.61. The zero-order chi connectivity index (χ0) is 14.2. The minimum absolute atomic E-state index is 0.0456. The van der Waals surface area contributed by atoms with Crippen LogP contribution in [-0.4, -0.2) is 23.2 Å². The Morgan fingerprint density at radius 3 is 2.79 bits per heavy atom. The predicted molar refractivity (Wildman–Crippen MR) is 71.3 cm³/mol. The van der Waals surface area contributed by atoms with E-state index in [4.69, 9.17) is 33.8 Å². The maximum absolute atomic E-state index is 11.6. The number of aromatic nitrogens is 1. The van der Waals surface area contributed by atoms with E-state index in [9.17, 15) is 4.79 Å². The number of nitrogens with zero attached hydrogens (tertiary/aromatic N) is 2. The number of methoxy groups -OCH3 is 1. The van der Waals surface area contributed by atoms with Gasteiger partial charge in [0.05, 0.1) is 29.9 Å². The Bertz CT molecular complexity index is 577. The molecule has 1 aliphatic heterocycles. The van der Waals surface area contributed by atoms with Gasteiger partial charge in [0.2, 0.25) is 0 Å². The maximum atomic E-state index is 11.6. The van der Waals surface area contributed by atoms with Gasteiger partial charge >= 0.3 is 5.97 Å². The first-order chi connectivity index (χ1) is 8.87. The third-order valence-electron chi connectivity index (χ3n) is 2.74. The van der Waals surface area contributed by atoms with Crippen molar-refractivity contribution in [2.24, 2.45) is 5.16 Å². The van der Waals surface area contributed by atoms with Gasteiger partial charge in [-0.05, 0) is 13.0 Å². The van der Waals surface area contributed by atoms with Crippen molar-refractivity contribution in [2.75, 3.05) is 12.8 Å². The lowest BCUT2D eigenvalue weighted by atomic mass is 9.97. The van der Waals surface area contributed by atoms with Crippen LogP contribution in [0, 0.1) is 0 Å². The van der Waals surface area contributed by atoms with Crippen molar-refractivity contribution in [3.63, 3.8) is 0 Å². The molecule has 19 heavy (non-hydrogen) atoms. The second-order valence-electron chi connectivity index (χ2n) is 4.22. The van der Waals surface area contributed by atoms with Gasteiger partial charge in [-0.1, -0.05) is 28.4 Å². The van der Waals surface area contributed by atoms with Gasteiger partial charge in [-0.2, -0.15) is 0 Å². The van der Waals surface area contributed by atoms with Crippen molar-refractivity contribution >= 4 is 40.0 Å². The molecule has 0 fully saturated rings. The van der Waals surface area contributed by atoms with Crippen LogP contribution in [0.1, 0.15) is 29.5 Å². The zero-order valence-electron chi connectivity index (χ0n) is 10.2. The van der Waals surface area contributed by atoms with Gasteiger partial charge in [0.15, 0.2) is 11.3 Å². The number of nitrogens with two attached hydrogens (primary N) is 1. The highest BCUT2D eigenvalue weighted by molar-refractivity contribution is 6.65. The van der Waals surface area contributed by atoms with E-state index in [1.165, 1.54) is 13.2 Å². The summed E-state index contributed by atoms with van der Waals surface area (Å²) in [4.78, 5) is 21.0. The second-order valence-corrected chi connectivity index (χ2v) is 5.03. The van der Waals surface area contributed by atoms with Gasteiger partial charge < -0.3 is 15.3 Å². The Hall–Kier alpha value is -1.53. The van der Waals surface area contributed by atoms with E-state index in [0.717, 1.165) is 0 Å². The van der Waals surface area contributed by atoms with Gasteiger partial charge in [-0.15, -0.1) is 0 Å². The molecule has 0 saturated carbocycles. The predicted octanol–water partition coefficient (Wildman–Crippen LogP) is 2.29. The highest BCUT2D eigenvalue weighted by Crippen LogP contribution is 2.37. The molecule has 0 radical (unpaired) electrons. The van der Waals surface area contributed by atoms with Crippen LogP contribution in [0.2, 0.25) is 5.02 Å². The van der Waals surface area contributed by atoms with E-state index in [0.29, 0.717) is 17.3 Å². The largest absolute Gasteiger partial charge is 0.464 e. The van der Waals surface area contributed by atoms with Crippen molar-refractivity contribution in [1.29, 1.82) is 0 Å². The number of oxime groups is 1. The number of anilines is 1. The molecule has 0 spiro atoms. The Balaban J connectivity index is 2.49. The van der Waals surface area contributed by atoms with Crippen molar-refractivity contribution in [3.05, 3.63) is 22.5 Å². The first kappa shape index (κ1) is 13.9. The highest BCUT2D eigenvalue weighted by Gasteiger charge is 2.38. The molecule has 0 bridgehead atoms. The van der Waals surface area contributed by atoms with E-state index in [1.54, 1.807) is 6.92 Å². The van der Waals surface area contributed by atoms with Crippen molar-refractivity contribution in [3.8, 4) is 0 Å². The molecule has 2 N–H and O–H groups in total. The Morgan fingerprint density at radius 2 is 2.26 bits per heavy atom. The van der Waals surface area contributed by atoms with E-state index in [2.05, 4.69) is 14.9 Å². The third-order valence-corrected chi connectivity index (χ3v) is 3.34. The first-order valence-corrected chi connectivity index (χ1v) is 6.08. The summed E-state index contributed by atoms with van der Waals surface area (Å²) in [6.07, 6.45) is 0.337. The van der Waals surface area contributed by atoms with E-state index in [1.807, 2.05) is 0 Å². The van der Waals surface area contributed by atoms with Gasteiger partial charge in [-0.3, -0.25) is 0 Å². The summed E-state index contributed by atoms with van der Waals surface area (Å²) in [6, 6.07) is 1.53. The number of carbonyl (C=O) groups is 1. The Morgan fingerprint density at radius 1 is 1.58 bits per heavy atom. The monoisotopic (exact) mass is 303 g/mol. The van der Waals surface area contributed by atoms with Gasteiger partial charge in [0, 0.05) is 0 Å². The minimum Gasteiger partial charge on any atom is -0.464 e. The summed E-state index contributed by atoms with van der Waals surface area (Å²) in [7, 11) is 1.23. The lowest BCUT2D eigenvalue weighted by Gasteiger charge is -2.21. The van der Waals surface area contributed by atoms with Crippen LogP contribution >= 0.6 is 23.2 Å². The van der Waals surface area contributed by atoms with Crippen molar-refractivity contribution in [1.82, 2.24) is 4.98 Å². The molecule has 6 nitrogen and oxygen atoms in total. The molecular weight excluding hydrogens is 293 g/mol. The number of hydrogen-bond acceptors (Lipinski definition) is 6. The fraction of sp³-hybridized carbons (Fsp3) is 0.364. The second kappa shape index (κ2) is 4.86. The quantitative estimate of drug-likeness (QED) is 0.847. The van der Waals surface area contributed by atoms with Crippen LogP contribution in [0.15, 0.2) is 11.2 Å². The third kappa shape index (κ3) is 2.46. The van der Waals surface area contributed by atoms with E-state index < -0.39 is 11.6 Å². The molecule has 2 rings (SSSR count). The van der Waals surface area contributed by atoms with Gasteiger partial charge in [0.1, 0.15) is 5.17 Å². The summed E-state index contributed by atoms with van der Waals surface area (Å²) >= 11 is 11.7. The molecule has 0 saturated heterocycles. The van der Waals surface area contributed by atoms with Gasteiger partial charge in [-0.25, -0.2) is 9.78 Å². The van der Waals surface area contributed by atoms with Crippen LogP contribution in [0.3, 0.4) is 0 Å². The average molecular weight is 304 g/mol. The molecule has 8 heteroatoms. The summed E-state index contributed by atoms with van der Waals surface area (Å²) in [6.45, 7) is 1.74. The standard InChI is InChI=1S/C11H11Cl2N3O3/c1-11(4-7(12)16-19-11)6-3-5(14)8(13)9(15-6)10(17)18-2/h3H,4H2,1-2H3,(H2,14,15). The maximum Gasteiger partial charge on any atom is 0.358 e. The summed E-state index contributed by atoms with van der Waals surface area (Å²) in [5.41, 5.74) is 5.45. The number of hydrogen-bond donors (Lipinski definition) is 1. The Kier molecular flexibility index (Phi) is 3.56. The molecule has 1 atom stereocenters. The molecule has 1 aromatic rings. The van der Waals surface area contributed by atoms with Crippen LogP contribution in [0.5, 0.6) is 0 Å². The fourth-order valence-electron chi connectivity index (χ4n) is 1.68. The topological polar surface area (TPSA) is 86.8 Å². The number of ether oxygens (including phenoxy) is 1. The molecule has 0 amide bonds. The number of halogens is 2. The number of pyridine rings is 1. The SMILES string of the molecule is COC(=O)c1nc(C2(C)CC(Cl)=NO2)cc(N)c1Cl. The Labute approximate surface area is 119 Å². The van der Waals surface area contributed by atoms with E-state index in [-0.39, 0.29) is 16.4 Å². The molecular formula is C11H11Cl2N3O3. The van der Waals surface area contributed by atoms with Crippen molar-refractivity contribution in [2.45, 2.75) is 18.9 Å². The lowest BCUT2D eigenvalue weighted by molar-refractivity contribution is -0.0109. The van der Waals surface area contributed by atoms with Crippen LogP contribution in [-0.2, 0) is 15.2 Å².